The summed E-state index contributed by atoms with van der Waals surface area (Å²) in [5.74, 6) is 0. The minimum absolute atomic E-state index is 0.357. The van der Waals surface area contributed by atoms with Gasteiger partial charge in [-0.2, -0.15) is 9.78 Å². The van der Waals surface area contributed by atoms with E-state index in [4.69, 9.17) is 19.6 Å². The second-order valence-electron chi connectivity index (χ2n) is 7.73. The summed E-state index contributed by atoms with van der Waals surface area (Å²) in [6.45, 7) is 15.6. The fraction of sp³-hybridized carbons (Fsp3) is 0.500. The lowest BCUT2D eigenvalue weighted by Crippen LogP contribution is -2.18. The minimum atomic E-state index is -0.357. The lowest BCUT2D eigenvalue weighted by atomic mass is 9.97. The predicted molar refractivity (Wildman–Crippen MR) is 97.6 cm³/mol. The fourth-order valence-corrected chi connectivity index (χ4v) is 1.78. The third-order valence-electron chi connectivity index (χ3n) is 2.82. The first-order valence-electron chi connectivity index (χ1n) is 8.12. The lowest BCUT2D eigenvalue weighted by Gasteiger charge is -2.17. The molecule has 4 heteroatoms. The summed E-state index contributed by atoms with van der Waals surface area (Å²) < 4.78 is 0. The van der Waals surface area contributed by atoms with Gasteiger partial charge >= 0.3 is 0 Å². The molecule has 1 aromatic carbocycles. The summed E-state index contributed by atoms with van der Waals surface area (Å²) in [6, 6.07) is 8.04. The zero-order valence-electron chi connectivity index (χ0n) is 16.1. The van der Waals surface area contributed by atoms with E-state index in [-0.39, 0.29) is 11.2 Å². The summed E-state index contributed by atoms with van der Waals surface area (Å²) in [6.07, 6.45) is 3.23. The van der Waals surface area contributed by atoms with Gasteiger partial charge in [-0.1, -0.05) is 24.3 Å². The summed E-state index contributed by atoms with van der Waals surface area (Å²) in [7, 11) is 0. The Morgan fingerprint density at radius 2 is 1.04 bits per heavy atom. The third-order valence-corrected chi connectivity index (χ3v) is 2.82. The Morgan fingerprint density at radius 1 is 0.708 bits per heavy atom. The van der Waals surface area contributed by atoms with E-state index >= 15 is 0 Å². The third kappa shape index (κ3) is 7.66. The van der Waals surface area contributed by atoms with Gasteiger partial charge in [0.15, 0.2) is 0 Å². The molecule has 1 rings (SSSR count). The van der Waals surface area contributed by atoms with Gasteiger partial charge in [0, 0.05) is 0 Å². The van der Waals surface area contributed by atoms with Crippen molar-refractivity contribution >= 4 is 11.1 Å². The SMILES string of the molecule is C/C(=C\OOC(C)(C)C)c1ccccc1/C(C)=C/OOC(C)(C)C. The van der Waals surface area contributed by atoms with E-state index in [1.807, 2.05) is 79.7 Å². The van der Waals surface area contributed by atoms with Gasteiger partial charge in [0.05, 0.1) is 0 Å². The van der Waals surface area contributed by atoms with Crippen LogP contribution in [0.4, 0.5) is 0 Å². The molecule has 0 aliphatic carbocycles. The predicted octanol–water partition coefficient (Wildman–Crippen LogP) is 5.90. The molecule has 0 aromatic heterocycles. The van der Waals surface area contributed by atoms with E-state index in [9.17, 15) is 0 Å². The van der Waals surface area contributed by atoms with E-state index in [1.165, 1.54) is 0 Å². The second-order valence-corrected chi connectivity index (χ2v) is 7.73. The Balaban J connectivity index is 2.91. The topological polar surface area (TPSA) is 36.9 Å². The highest BCUT2D eigenvalue weighted by molar-refractivity contribution is 5.77. The van der Waals surface area contributed by atoms with Crippen LogP contribution >= 0.6 is 0 Å². The van der Waals surface area contributed by atoms with Crippen LogP contribution < -0.4 is 0 Å². The van der Waals surface area contributed by atoms with Gasteiger partial charge in [0.25, 0.3) is 0 Å². The molecular weight excluding hydrogens is 304 g/mol. The van der Waals surface area contributed by atoms with Gasteiger partial charge in [0.2, 0.25) is 0 Å². The second kappa shape index (κ2) is 8.36. The molecule has 0 saturated heterocycles. The normalized spacial score (nSPS) is 13.8. The number of allylic oxidation sites excluding steroid dienone is 2. The number of rotatable bonds is 6. The zero-order valence-corrected chi connectivity index (χ0v) is 16.1. The summed E-state index contributed by atoms with van der Waals surface area (Å²) in [4.78, 5) is 21.1. The molecule has 0 aliphatic rings. The van der Waals surface area contributed by atoms with E-state index in [1.54, 1.807) is 12.5 Å². The van der Waals surface area contributed by atoms with Crippen LogP contribution in [0.1, 0.15) is 66.5 Å². The lowest BCUT2D eigenvalue weighted by molar-refractivity contribution is -0.310. The van der Waals surface area contributed by atoms with Gasteiger partial charge in [0.1, 0.15) is 23.7 Å². The summed E-state index contributed by atoms with van der Waals surface area (Å²) in [5.41, 5.74) is 3.29. The maximum absolute atomic E-state index is 5.29. The van der Waals surface area contributed by atoms with Crippen LogP contribution in [0.3, 0.4) is 0 Å². The smallest absolute Gasteiger partial charge is 0.133 e. The highest BCUT2D eigenvalue weighted by Crippen LogP contribution is 2.26. The number of hydrogen-bond donors (Lipinski definition) is 0. The highest BCUT2D eigenvalue weighted by Gasteiger charge is 2.13. The van der Waals surface area contributed by atoms with Crippen molar-refractivity contribution in [1.29, 1.82) is 0 Å². The van der Waals surface area contributed by atoms with Crippen LogP contribution in [0.5, 0.6) is 0 Å². The van der Waals surface area contributed by atoms with Gasteiger partial charge in [-0.05, 0) is 77.7 Å². The van der Waals surface area contributed by atoms with Gasteiger partial charge < -0.3 is 9.78 Å². The average molecular weight is 334 g/mol. The number of benzene rings is 1. The number of hydrogen-bond acceptors (Lipinski definition) is 4. The Kier molecular flexibility index (Phi) is 7.06. The molecule has 0 N–H and O–H groups in total. The van der Waals surface area contributed by atoms with Crippen LogP contribution in [-0.2, 0) is 19.6 Å². The van der Waals surface area contributed by atoms with E-state index in [0.717, 1.165) is 22.3 Å². The van der Waals surface area contributed by atoms with Gasteiger partial charge in [-0.3, -0.25) is 0 Å². The first-order valence-corrected chi connectivity index (χ1v) is 8.12. The Bertz CT molecular complexity index is 533. The van der Waals surface area contributed by atoms with Crippen molar-refractivity contribution in [2.24, 2.45) is 0 Å². The van der Waals surface area contributed by atoms with E-state index < -0.39 is 0 Å². The zero-order chi connectivity index (χ0) is 18.4. The highest BCUT2D eigenvalue weighted by atomic mass is 17.2. The molecule has 1 aromatic rings. The van der Waals surface area contributed by atoms with Crippen LogP contribution in [0, 0.1) is 0 Å². The van der Waals surface area contributed by atoms with Crippen LogP contribution in [0.15, 0.2) is 36.8 Å². The van der Waals surface area contributed by atoms with Crippen molar-refractivity contribution in [3.8, 4) is 0 Å². The largest absolute Gasteiger partial charge is 0.345 e. The molecule has 134 valence electrons. The van der Waals surface area contributed by atoms with Crippen molar-refractivity contribution in [1.82, 2.24) is 0 Å². The quantitative estimate of drug-likeness (QED) is 0.368. The Morgan fingerprint density at radius 3 is 1.33 bits per heavy atom. The Hall–Kier alpha value is -1.78. The minimum Gasteiger partial charge on any atom is -0.345 e. The molecule has 0 saturated carbocycles. The average Bonchev–Trinajstić information content (AvgIpc) is 2.44. The molecular formula is C20H30O4. The molecule has 0 aliphatic heterocycles. The molecule has 0 bridgehead atoms. The van der Waals surface area contributed by atoms with Crippen molar-refractivity contribution in [3.63, 3.8) is 0 Å². The van der Waals surface area contributed by atoms with Crippen LogP contribution in [0.2, 0.25) is 0 Å². The van der Waals surface area contributed by atoms with E-state index in [0.29, 0.717) is 0 Å². The molecule has 0 amide bonds. The first kappa shape index (κ1) is 20.3. The van der Waals surface area contributed by atoms with Crippen LogP contribution in [-0.4, -0.2) is 11.2 Å². The summed E-state index contributed by atoms with van der Waals surface area (Å²) >= 11 is 0. The molecule has 0 fully saturated rings. The maximum atomic E-state index is 5.29. The molecule has 0 unspecified atom stereocenters. The van der Waals surface area contributed by atoms with Crippen molar-refractivity contribution in [2.45, 2.75) is 66.6 Å². The monoisotopic (exact) mass is 334 g/mol. The molecule has 0 atom stereocenters. The molecule has 24 heavy (non-hydrogen) atoms. The van der Waals surface area contributed by atoms with Gasteiger partial charge in [-0.15, -0.1) is 0 Å². The molecule has 0 spiro atoms. The molecule has 0 radical (unpaired) electrons. The van der Waals surface area contributed by atoms with Crippen molar-refractivity contribution < 1.29 is 19.6 Å². The first-order chi connectivity index (χ1) is 11.0. The van der Waals surface area contributed by atoms with Crippen molar-refractivity contribution in [2.75, 3.05) is 0 Å². The molecule has 0 heterocycles. The van der Waals surface area contributed by atoms with Gasteiger partial charge in [-0.25, -0.2) is 0 Å². The van der Waals surface area contributed by atoms with E-state index in [2.05, 4.69) is 0 Å². The van der Waals surface area contributed by atoms with Crippen molar-refractivity contribution in [3.05, 3.63) is 47.9 Å². The molecule has 4 nitrogen and oxygen atoms in total. The summed E-state index contributed by atoms with van der Waals surface area (Å²) in [5, 5.41) is 0. The standard InChI is InChI=1S/C20H30O4/c1-15(13-21-23-19(3,4)5)17-11-9-10-12-18(17)16(2)14-22-24-20(6,7)8/h9-14H,1-8H3/b15-13+,16-14+. The maximum Gasteiger partial charge on any atom is 0.133 e. The fourth-order valence-electron chi connectivity index (χ4n) is 1.78. The Labute approximate surface area is 145 Å². The van der Waals surface area contributed by atoms with Crippen LogP contribution in [0.25, 0.3) is 11.1 Å².